The number of hydrogen-bond donors (Lipinski definition) is 0. The van der Waals surface area contributed by atoms with Gasteiger partial charge < -0.3 is 0 Å². The van der Waals surface area contributed by atoms with Crippen molar-refractivity contribution in [3.05, 3.63) is 53.2 Å². The van der Waals surface area contributed by atoms with Crippen LogP contribution in [-0.2, 0) is 5.88 Å². The van der Waals surface area contributed by atoms with Crippen LogP contribution in [0.5, 0.6) is 0 Å². The summed E-state index contributed by atoms with van der Waals surface area (Å²) in [6.45, 7) is 3.81. The highest BCUT2D eigenvalue weighted by atomic mass is 35.5. The molecule has 5 heteroatoms. The molecule has 3 nitrogen and oxygen atoms in total. The molecule has 0 amide bonds. The van der Waals surface area contributed by atoms with E-state index >= 15 is 0 Å². The Morgan fingerprint density at radius 3 is 2.70 bits per heavy atom. The number of benzene rings is 1. The molecule has 3 aromatic rings. The summed E-state index contributed by atoms with van der Waals surface area (Å²) < 4.78 is 15.9. The van der Waals surface area contributed by atoms with Gasteiger partial charge in [-0.2, -0.15) is 0 Å². The second kappa shape index (κ2) is 4.87. The van der Waals surface area contributed by atoms with E-state index in [4.69, 9.17) is 11.6 Å². The van der Waals surface area contributed by atoms with Gasteiger partial charge in [-0.3, -0.25) is 4.57 Å². The molecule has 0 fully saturated rings. The predicted octanol–water partition coefficient (Wildman–Crippen LogP) is 3.92. The van der Waals surface area contributed by atoms with Crippen molar-refractivity contribution in [1.82, 2.24) is 14.5 Å². The van der Waals surface area contributed by atoms with Crippen LogP contribution in [0, 0.1) is 19.7 Å². The Bertz CT molecular complexity index is 795. The number of aromatic nitrogens is 3. The van der Waals surface area contributed by atoms with Gasteiger partial charge in [0.15, 0.2) is 5.65 Å². The number of alkyl halides is 1. The molecule has 0 unspecified atom stereocenters. The molecule has 0 atom stereocenters. The molecule has 102 valence electrons. The van der Waals surface area contributed by atoms with Crippen molar-refractivity contribution in [2.75, 3.05) is 0 Å². The molecule has 0 N–H and O–H groups in total. The molecule has 20 heavy (non-hydrogen) atoms. The van der Waals surface area contributed by atoms with E-state index < -0.39 is 0 Å². The number of fused-ring (bicyclic) bond motifs is 1. The first-order valence-corrected chi connectivity index (χ1v) is 6.81. The lowest BCUT2D eigenvalue weighted by molar-refractivity contribution is 0.617. The molecule has 0 saturated heterocycles. The van der Waals surface area contributed by atoms with Crippen molar-refractivity contribution >= 4 is 22.8 Å². The third kappa shape index (κ3) is 2.06. The fourth-order valence-electron chi connectivity index (χ4n) is 2.24. The van der Waals surface area contributed by atoms with Crippen LogP contribution in [0.4, 0.5) is 4.39 Å². The summed E-state index contributed by atoms with van der Waals surface area (Å²) >= 11 is 5.95. The lowest BCUT2D eigenvalue weighted by Gasteiger charge is -2.09. The third-order valence-electron chi connectivity index (χ3n) is 3.18. The average Bonchev–Trinajstić information content (AvgIpc) is 2.79. The van der Waals surface area contributed by atoms with Gasteiger partial charge in [-0.25, -0.2) is 14.4 Å². The summed E-state index contributed by atoms with van der Waals surface area (Å²) in [5, 5.41) is 0. The Hall–Kier alpha value is -1.94. The Kier molecular flexibility index (Phi) is 3.18. The SMILES string of the molecule is Cc1ccc(F)c(-n2c(CCl)nc3ccc(C)nc32)c1. The summed E-state index contributed by atoms with van der Waals surface area (Å²) in [5.74, 6) is 0.469. The number of imidazole rings is 1. The number of halogens is 2. The number of pyridine rings is 1. The van der Waals surface area contributed by atoms with Crippen LogP contribution in [0.15, 0.2) is 30.3 Å². The Morgan fingerprint density at radius 1 is 1.15 bits per heavy atom. The monoisotopic (exact) mass is 289 g/mol. The molecule has 0 aliphatic rings. The minimum absolute atomic E-state index is 0.197. The van der Waals surface area contributed by atoms with Crippen LogP contribution in [0.25, 0.3) is 16.9 Å². The van der Waals surface area contributed by atoms with Crippen molar-refractivity contribution in [2.24, 2.45) is 0 Å². The highest BCUT2D eigenvalue weighted by Crippen LogP contribution is 2.24. The van der Waals surface area contributed by atoms with E-state index in [1.54, 1.807) is 16.7 Å². The average molecular weight is 290 g/mol. The lowest BCUT2D eigenvalue weighted by atomic mass is 10.2. The van der Waals surface area contributed by atoms with Crippen molar-refractivity contribution < 1.29 is 4.39 Å². The molecule has 0 aliphatic heterocycles. The standard InChI is InChI=1S/C15H13ClFN3/c1-9-3-5-11(17)13(7-9)20-14(8-16)19-12-6-4-10(2)18-15(12)20/h3-7H,8H2,1-2H3. The fraction of sp³-hybridized carbons (Fsp3) is 0.200. The molecule has 0 aliphatic carbocycles. The maximum absolute atomic E-state index is 14.2. The Balaban J connectivity index is 2.39. The first-order chi connectivity index (χ1) is 9.60. The molecule has 0 spiro atoms. The molecule has 1 aromatic carbocycles. The topological polar surface area (TPSA) is 30.7 Å². The maximum atomic E-state index is 14.2. The van der Waals surface area contributed by atoms with Gasteiger partial charge in [0, 0.05) is 5.69 Å². The van der Waals surface area contributed by atoms with Crippen LogP contribution in [0.1, 0.15) is 17.1 Å². The quantitative estimate of drug-likeness (QED) is 0.670. The number of aryl methyl sites for hydroxylation is 2. The summed E-state index contributed by atoms with van der Waals surface area (Å²) in [6.07, 6.45) is 0. The molecule has 3 rings (SSSR count). The zero-order valence-corrected chi connectivity index (χ0v) is 11.9. The molecule has 0 saturated carbocycles. The molecule has 0 radical (unpaired) electrons. The molecule has 0 bridgehead atoms. The highest BCUT2D eigenvalue weighted by molar-refractivity contribution is 6.16. The van der Waals surface area contributed by atoms with Gasteiger partial charge in [-0.1, -0.05) is 6.07 Å². The summed E-state index contributed by atoms with van der Waals surface area (Å²) in [6, 6.07) is 8.71. The van der Waals surface area contributed by atoms with E-state index in [1.165, 1.54) is 6.07 Å². The summed E-state index contributed by atoms with van der Waals surface area (Å²) in [4.78, 5) is 8.89. The highest BCUT2D eigenvalue weighted by Gasteiger charge is 2.16. The molecular formula is C15H13ClFN3. The number of hydrogen-bond acceptors (Lipinski definition) is 2. The van der Waals surface area contributed by atoms with Crippen molar-refractivity contribution in [3.63, 3.8) is 0 Å². The van der Waals surface area contributed by atoms with Crippen molar-refractivity contribution in [2.45, 2.75) is 19.7 Å². The van der Waals surface area contributed by atoms with Gasteiger partial charge in [0.2, 0.25) is 0 Å². The summed E-state index contributed by atoms with van der Waals surface area (Å²) in [5.41, 5.74) is 3.60. The Morgan fingerprint density at radius 2 is 1.95 bits per heavy atom. The van der Waals surface area contributed by atoms with Crippen LogP contribution in [-0.4, -0.2) is 14.5 Å². The van der Waals surface area contributed by atoms with Crippen LogP contribution >= 0.6 is 11.6 Å². The van der Waals surface area contributed by atoms with E-state index in [2.05, 4.69) is 9.97 Å². The fourth-order valence-corrected chi connectivity index (χ4v) is 2.41. The van der Waals surface area contributed by atoms with Gasteiger partial charge in [0.25, 0.3) is 0 Å². The molecule has 2 aromatic heterocycles. The second-order valence-corrected chi connectivity index (χ2v) is 5.01. The minimum atomic E-state index is -0.315. The largest absolute Gasteiger partial charge is 0.277 e. The van der Waals surface area contributed by atoms with E-state index in [0.717, 1.165) is 11.3 Å². The van der Waals surface area contributed by atoms with E-state index in [-0.39, 0.29) is 11.7 Å². The predicted molar refractivity (Wildman–Crippen MR) is 77.9 cm³/mol. The van der Waals surface area contributed by atoms with Crippen molar-refractivity contribution in [1.29, 1.82) is 0 Å². The van der Waals surface area contributed by atoms with Crippen LogP contribution in [0.3, 0.4) is 0 Å². The zero-order chi connectivity index (χ0) is 14.3. The number of rotatable bonds is 2. The smallest absolute Gasteiger partial charge is 0.165 e. The van der Waals surface area contributed by atoms with Gasteiger partial charge >= 0.3 is 0 Å². The zero-order valence-electron chi connectivity index (χ0n) is 11.2. The first kappa shape index (κ1) is 13.1. The van der Waals surface area contributed by atoms with Crippen LogP contribution < -0.4 is 0 Å². The van der Waals surface area contributed by atoms with Gasteiger partial charge in [0.1, 0.15) is 17.2 Å². The van der Waals surface area contributed by atoms with Gasteiger partial charge in [-0.05, 0) is 43.7 Å². The lowest BCUT2D eigenvalue weighted by Crippen LogP contribution is -2.03. The van der Waals surface area contributed by atoms with E-state index in [1.807, 2.05) is 26.0 Å². The normalized spacial score (nSPS) is 11.2. The van der Waals surface area contributed by atoms with Gasteiger partial charge in [0.05, 0.1) is 11.6 Å². The van der Waals surface area contributed by atoms with E-state index in [0.29, 0.717) is 22.7 Å². The maximum Gasteiger partial charge on any atom is 0.165 e. The minimum Gasteiger partial charge on any atom is -0.277 e. The molecular weight excluding hydrogens is 277 g/mol. The third-order valence-corrected chi connectivity index (χ3v) is 3.41. The summed E-state index contributed by atoms with van der Waals surface area (Å²) in [7, 11) is 0. The Labute approximate surface area is 121 Å². The van der Waals surface area contributed by atoms with Gasteiger partial charge in [-0.15, -0.1) is 11.6 Å². The second-order valence-electron chi connectivity index (χ2n) is 4.75. The van der Waals surface area contributed by atoms with E-state index in [9.17, 15) is 4.39 Å². The van der Waals surface area contributed by atoms with Crippen LogP contribution in [0.2, 0.25) is 0 Å². The molecule has 2 heterocycles. The number of nitrogens with zero attached hydrogens (tertiary/aromatic N) is 3. The first-order valence-electron chi connectivity index (χ1n) is 6.27. The van der Waals surface area contributed by atoms with Crippen molar-refractivity contribution in [3.8, 4) is 5.69 Å².